The minimum absolute atomic E-state index is 0.107. The Labute approximate surface area is 161 Å². The Hall–Kier alpha value is -1.68. The van der Waals surface area contributed by atoms with Crippen LogP contribution in [0.1, 0.15) is 68.8 Å². The van der Waals surface area contributed by atoms with Gasteiger partial charge in [0.25, 0.3) is 0 Å². The molecule has 0 radical (unpaired) electrons. The molecule has 0 bridgehead atoms. The van der Waals surface area contributed by atoms with Crippen molar-refractivity contribution in [1.29, 1.82) is 0 Å². The molecule has 1 heterocycles. The molecule has 1 aromatic heterocycles. The van der Waals surface area contributed by atoms with Gasteiger partial charge in [0.15, 0.2) is 16.6 Å². The first-order valence-electron chi connectivity index (χ1n) is 9.73. The fraction of sp³-hybridized carbons (Fsp3) is 0.500. The highest BCUT2D eigenvalue weighted by molar-refractivity contribution is 7.99. The van der Waals surface area contributed by atoms with Crippen molar-refractivity contribution in [2.45, 2.75) is 63.4 Å². The van der Waals surface area contributed by atoms with Crippen LogP contribution in [0.5, 0.6) is 5.75 Å². The van der Waals surface area contributed by atoms with Gasteiger partial charge >= 0.3 is 0 Å². The largest absolute Gasteiger partial charge is 0.494 e. The minimum atomic E-state index is 0.107. The summed E-state index contributed by atoms with van der Waals surface area (Å²) in [6, 6.07) is 13.7. The molecule has 3 nitrogen and oxygen atoms in total. The fourth-order valence-corrected chi connectivity index (χ4v) is 3.55. The first-order valence-corrected chi connectivity index (χ1v) is 10.7. The number of rotatable bonds is 14. The van der Waals surface area contributed by atoms with Crippen LogP contribution in [0, 0.1) is 0 Å². The van der Waals surface area contributed by atoms with Crippen LogP contribution in [0.4, 0.5) is 0 Å². The van der Waals surface area contributed by atoms with Gasteiger partial charge in [-0.05, 0) is 43.5 Å². The van der Waals surface area contributed by atoms with E-state index in [2.05, 4.69) is 0 Å². The van der Waals surface area contributed by atoms with E-state index in [9.17, 15) is 4.79 Å². The molecule has 0 aliphatic heterocycles. The van der Waals surface area contributed by atoms with Crippen molar-refractivity contribution in [3.05, 3.63) is 48.2 Å². The number of Topliss-reactive ketones (excluding diaryl/α,β-unsaturated/α-hetero) is 1. The lowest BCUT2D eigenvalue weighted by Crippen LogP contribution is -1.96. The zero-order chi connectivity index (χ0) is 18.5. The van der Waals surface area contributed by atoms with Crippen LogP contribution in [0.2, 0.25) is 0 Å². The van der Waals surface area contributed by atoms with Gasteiger partial charge in [-0.3, -0.25) is 4.79 Å². The normalized spacial score (nSPS) is 10.8. The molecule has 0 aliphatic rings. The average molecular weight is 375 g/mol. The number of furan rings is 1. The molecule has 0 saturated carbocycles. The van der Waals surface area contributed by atoms with Gasteiger partial charge in [0.2, 0.25) is 0 Å². The highest BCUT2D eigenvalue weighted by atomic mass is 32.2. The van der Waals surface area contributed by atoms with E-state index in [1.54, 1.807) is 17.8 Å². The fourth-order valence-electron chi connectivity index (χ4n) is 2.69. The number of carbonyl (C=O) groups excluding carboxylic acids is 1. The third-order valence-electron chi connectivity index (χ3n) is 4.13. The lowest BCUT2D eigenvalue weighted by atomic mass is 10.1. The molecular formula is C22H30O3S. The van der Waals surface area contributed by atoms with E-state index in [1.165, 1.54) is 32.1 Å². The van der Waals surface area contributed by atoms with Gasteiger partial charge in [0.1, 0.15) is 5.75 Å². The molecule has 2 aromatic rings. The summed E-state index contributed by atoms with van der Waals surface area (Å²) in [6.07, 6.45) is 8.72. The summed E-state index contributed by atoms with van der Waals surface area (Å²) in [7, 11) is 0. The molecular weight excluding hydrogens is 344 g/mol. The maximum atomic E-state index is 11.7. The summed E-state index contributed by atoms with van der Waals surface area (Å²) >= 11 is 1.71. The van der Waals surface area contributed by atoms with Crippen LogP contribution < -0.4 is 4.74 Å². The number of hydrogen-bond acceptors (Lipinski definition) is 4. The standard InChI is InChI=1S/C22H30O3S/c1-2-12-20(23)21-15-16-22(25-21)26-18-11-6-4-3-5-10-17-24-19-13-8-7-9-14-19/h7-9,13-16H,2-6,10-12,17-18H2,1H3. The van der Waals surface area contributed by atoms with Crippen LogP contribution in [0.15, 0.2) is 52.0 Å². The number of para-hydroxylation sites is 1. The topological polar surface area (TPSA) is 39.4 Å². The Morgan fingerprint density at radius 3 is 2.46 bits per heavy atom. The Morgan fingerprint density at radius 1 is 0.962 bits per heavy atom. The number of ketones is 1. The van der Waals surface area contributed by atoms with Crippen LogP contribution in [0.25, 0.3) is 0 Å². The molecule has 0 N–H and O–H groups in total. The van der Waals surface area contributed by atoms with Gasteiger partial charge in [-0.2, -0.15) is 0 Å². The molecule has 4 heteroatoms. The van der Waals surface area contributed by atoms with Crippen molar-refractivity contribution >= 4 is 17.5 Å². The molecule has 1 aromatic carbocycles. The second-order valence-electron chi connectivity index (χ2n) is 6.42. The highest BCUT2D eigenvalue weighted by Crippen LogP contribution is 2.23. The number of benzene rings is 1. The number of hydrogen-bond donors (Lipinski definition) is 0. The van der Waals surface area contributed by atoms with E-state index in [0.29, 0.717) is 12.2 Å². The molecule has 142 valence electrons. The van der Waals surface area contributed by atoms with E-state index >= 15 is 0 Å². The van der Waals surface area contributed by atoms with E-state index in [-0.39, 0.29) is 5.78 Å². The van der Waals surface area contributed by atoms with Gasteiger partial charge in [0.05, 0.1) is 6.61 Å². The average Bonchev–Trinajstić information content (AvgIpc) is 3.13. The van der Waals surface area contributed by atoms with E-state index < -0.39 is 0 Å². The first kappa shape index (κ1) is 20.6. The molecule has 0 aliphatic carbocycles. The zero-order valence-corrected chi connectivity index (χ0v) is 16.6. The van der Waals surface area contributed by atoms with E-state index in [0.717, 1.165) is 36.0 Å². The predicted molar refractivity (Wildman–Crippen MR) is 108 cm³/mol. The zero-order valence-electron chi connectivity index (χ0n) is 15.7. The van der Waals surface area contributed by atoms with E-state index in [4.69, 9.17) is 9.15 Å². The number of unbranched alkanes of at least 4 members (excludes halogenated alkanes) is 5. The van der Waals surface area contributed by atoms with Gasteiger partial charge in [0, 0.05) is 12.2 Å². The molecule has 0 spiro atoms. The van der Waals surface area contributed by atoms with Crippen molar-refractivity contribution < 1.29 is 13.9 Å². The molecule has 0 amide bonds. The van der Waals surface area contributed by atoms with Crippen LogP contribution in [-0.2, 0) is 0 Å². The van der Waals surface area contributed by atoms with Gasteiger partial charge in [-0.15, -0.1) is 0 Å². The van der Waals surface area contributed by atoms with Crippen molar-refractivity contribution in [2.24, 2.45) is 0 Å². The van der Waals surface area contributed by atoms with Gasteiger partial charge < -0.3 is 9.15 Å². The second-order valence-corrected chi connectivity index (χ2v) is 7.52. The molecule has 0 fully saturated rings. The van der Waals surface area contributed by atoms with Crippen molar-refractivity contribution in [1.82, 2.24) is 0 Å². The van der Waals surface area contributed by atoms with Gasteiger partial charge in [-0.1, -0.05) is 62.6 Å². The number of carbonyl (C=O) groups is 1. The van der Waals surface area contributed by atoms with Crippen LogP contribution in [-0.4, -0.2) is 18.1 Å². The third kappa shape index (κ3) is 8.13. The molecule has 26 heavy (non-hydrogen) atoms. The summed E-state index contributed by atoms with van der Waals surface area (Å²) in [4.78, 5) is 11.7. The maximum absolute atomic E-state index is 11.7. The van der Waals surface area contributed by atoms with Crippen molar-refractivity contribution in [3.63, 3.8) is 0 Å². The number of thioether (sulfide) groups is 1. The Bertz CT molecular complexity index is 621. The maximum Gasteiger partial charge on any atom is 0.198 e. The highest BCUT2D eigenvalue weighted by Gasteiger charge is 2.10. The lowest BCUT2D eigenvalue weighted by molar-refractivity contribution is 0.0950. The predicted octanol–water partition coefficient (Wildman–Crippen LogP) is 6.77. The monoisotopic (exact) mass is 374 g/mol. The molecule has 0 unspecified atom stereocenters. The lowest BCUT2D eigenvalue weighted by Gasteiger charge is -2.05. The van der Waals surface area contributed by atoms with Crippen molar-refractivity contribution in [3.8, 4) is 5.75 Å². The SMILES string of the molecule is CCCC(=O)c1ccc(SCCCCCCCCOc2ccccc2)o1. The summed E-state index contributed by atoms with van der Waals surface area (Å²) in [5.74, 6) is 2.62. The summed E-state index contributed by atoms with van der Waals surface area (Å²) in [5, 5.41) is 0.863. The molecule has 0 saturated heterocycles. The quantitative estimate of drug-likeness (QED) is 0.208. The summed E-state index contributed by atoms with van der Waals surface area (Å²) < 4.78 is 11.3. The minimum Gasteiger partial charge on any atom is -0.494 e. The van der Waals surface area contributed by atoms with E-state index in [1.807, 2.05) is 43.3 Å². The molecule has 0 atom stereocenters. The summed E-state index contributed by atoms with van der Waals surface area (Å²) in [6.45, 7) is 2.81. The Kier molecular flexibility index (Phi) is 10.0. The first-order chi connectivity index (χ1) is 12.8. The van der Waals surface area contributed by atoms with Crippen molar-refractivity contribution in [2.75, 3.05) is 12.4 Å². The van der Waals surface area contributed by atoms with Gasteiger partial charge in [-0.25, -0.2) is 0 Å². The molecule has 2 rings (SSSR count). The van der Waals surface area contributed by atoms with Crippen LogP contribution in [0.3, 0.4) is 0 Å². The number of ether oxygens (including phenoxy) is 1. The Morgan fingerprint density at radius 2 is 1.69 bits per heavy atom. The summed E-state index contributed by atoms with van der Waals surface area (Å²) in [5.41, 5.74) is 0. The smallest absolute Gasteiger partial charge is 0.198 e. The second kappa shape index (κ2) is 12.6. The Balaban J connectivity index is 1.43. The van der Waals surface area contributed by atoms with Crippen LogP contribution >= 0.6 is 11.8 Å². The third-order valence-corrected chi connectivity index (χ3v) is 5.12.